The summed E-state index contributed by atoms with van der Waals surface area (Å²) in [5, 5.41) is 12.1. The summed E-state index contributed by atoms with van der Waals surface area (Å²) in [4.78, 5) is 17.2. The maximum absolute atomic E-state index is 13.2. The molecule has 144 valence electrons. The molecule has 0 radical (unpaired) electrons. The summed E-state index contributed by atoms with van der Waals surface area (Å²) in [6, 6.07) is 3.41. The molecule has 2 heterocycles. The Morgan fingerprint density at radius 2 is 1.85 bits per heavy atom. The van der Waals surface area contributed by atoms with E-state index in [2.05, 4.69) is 14.8 Å². The van der Waals surface area contributed by atoms with Crippen LogP contribution in [-0.2, 0) is 6.18 Å². The van der Waals surface area contributed by atoms with Gasteiger partial charge in [-0.15, -0.1) is 0 Å². The first-order valence-corrected chi connectivity index (χ1v) is 7.41. The molecule has 0 aliphatic rings. The number of hydrogen-bond donors (Lipinski definition) is 2. The number of hydrogen-bond acceptors (Lipinski definition) is 5. The molecule has 2 aromatic heterocycles. The summed E-state index contributed by atoms with van der Waals surface area (Å²) in [6.45, 7) is -1.55. The van der Waals surface area contributed by atoms with Crippen molar-refractivity contribution in [3.05, 3.63) is 45.9 Å². The van der Waals surface area contributed by atoms with E-state index in [-0.39, 0.29) is 5.75 Å². The van der Waals surface area contributed by atoms with Gasteiger partial charge in [0.1, 0.15) is 11.1 Å². The lowest BCUT2D eigenvalue weighted by molar-refractivity contribution is -0.140. The van der Waals surface area contributed by atoms with Crippen LogP contribution in [0.15, 0.2) is 29.1 Å². The van der Waals surface area contributed by atoms with Gasteiger partial charge in [0, 0.05) is 0 Å². The summed E-state index contributed by atoms with van der Waals surface area (Å²) in [5.74, 6) is -0.130. The Balaban J connectivity index is 2.12. The number of aromatic nitrogens is 4. The van der Waals surface area contributed by atoms with Gasteiger partial charge in [-0.1, -0.05) is 12.1 Å². The molecule has 0 spiro atoms. The smallest absolute Gasteiger partial charge is 0.436 e. The summed E-state index contributed by atoms with van der Waals surface area (Å²) in [6.07, 6.45) is -4.93. The first kappa shape index (κ1) is 18.6. The fourth-order valence-corrected chi connectivity index (χ4v) is 2.57. The fourth-order valence-electron chi connectivity index (χ4n) is 2.57. The van der Waals surface area contributed by atoms with Crippen LogP contribution < -0.4 is 10.3 Å². The normalized spacial score (nSPS) is 13.3. The first-order chi connectivity index (χ1) is 12.6. The number of aromatic amines is 1. The van der Waals surface area contributed by atoms with E-state index in [1.807, 2.05) is 0 Å². The van der Waals surface area contributed by atoms with Gasteiger partial charge in [0.2, 0.25) is 0 Å². The number of fused-ring (bicyclic) bond motifs is 1. The SMILES string of the molecule is CC(c1ccc(OC(F)F)cc1)n1nc(C(F)(F)F)c2c(=O)[nH]c(O)nc21. The van der Waals surface area contributed by atoms with E-state index >= 15 is 0 Å². The zero-order chi connectivity index (χ0) is 19.9. The van der Waals surface area contributed by atoms with Crippen molar-refractivity contribution in [1.82, 2.24) is 19.7 Å². The van der Waals surface area contributed by atoms with Gasteiger partial charge < -0.3 is 9.84 Å². The Labute approximate surface area is 147 Å². The van der Waals surface area contributed by atoms with E-state index in [9.17, 15) is 31.9 Å². The Hall–Kier alpha value is -3.18. The molecule has 0 saturated heterocycles. The summed E-state index contributed by atoms with van der Waals surface area (Å²) < 4.78 is 69.2. The summed E-state index contributed by atoms with van der Waals surface area (Å²) >= 11 is 0. The van der Waals surface area contributed by atoms with Crippen molar-refractivity contribution in [2.45, 2.75) is 25.8 Å². The first-order valence-electron chi connectivity index (χ1n) is 7.41. The highest BCUT2D eigenvalue weighted by atomic mass is 19.4. The number of halogens is 5. The quantitative estimate of drug-likeness (QED) is 0.668. The molecule has 0 aliphatic carbocycles. The number of rotatable bonds is 4. The molecular weight excluding hydrogens is 379 g/mol. The van der Waals surface area contributed by atoms with Crippen molar-refractivity contribution in [2.75, 3.05) is 0 Å². The predicted octanol–water partition coefficient (Wildman–Crippen LogP) is 3.05. The molecule has 0 amide bonds. The van der Waals surface area contributed by atoms with Crippen molar-refractivity contribution in [3.8, 4) is 11.8 Å². The Bertz CT molecular complexity index is 1030. The van der Waals surface area contributed by atoms with Crippen LogP contribution in [-0.4, -0.2) is 31.5 Å². The topological polar surface area (TPSA) is 93.0 Å². The number of benzene rings is 1. The monoisotopic (exact) mass is 390 g/mol. The zero-order valence-electron chi connectivity index (χ0n) is 13.5. The largest absolute Gasteiger partial charge is 0.480 e. The van der Waals surface area contributed by atoms with E-state index in [0.717, 1.165) is 4.68 Å². The van der Waals surface area contributed by atoms with Crippen LogP contribution in [0.2, 0.25) is 0 Å². The highest BCUT2D eigenvalue weighted by molar-refractivity contribution is 5.78. The van der Waals surface area contributed by atoms with Gasteiger partial charge in [-0.3, -0.25) is 9.78 Å². The van der Waals surface area contributed by atoms with Crippen molar-refractivity contribution in [1.29, 1.82) is 0 Å². The number of alkyl halides is 5. The number of nitrogens with zero attached hydrogens (tertiary/aromatic N) is 3. The third-order valence-corrected chi connectivity index (χ3v) is 3.77. The lowest BCUT2D eigenvalue weighted by atomic mass is 10.1. The van der Waals surface area contributed by atoms with Crippen molar-refractivity contribution >= 4 is 11.0 Å². The van der Waals surface area contributed by atoms with E-state index in [1.165, 1.54) is 31.2 Å². The second-order valence-corrected chi connectivity index (χ2v) is 5.50. The Kier molecular flexibility index (Phi) is 4.49. The summed E-state index contributed by atoms with van der Waals surface area (Å²) in [7, 11) is 0. The van der Waals surface area contributed by atoms with E-state index in [1.54, 1.807) is 4.98 Å². The molecule has 3 rings (SSSR count). The molecule has 2 N–H and O–H groups in total. The predicted molar refractivity (Wildman–Crippen MR) is 81.7 cm³/mol. The Morgan fingerprint density at radius 3 is 2.41 bits per heavy atom. The van der Waals surface area contributed by atoms with Gasteiger partial charge in [-0.05, 0) is 24.6 Å². The molecule has 0 saturated carbocycles. The van der Waals surface area contributed by atoms with E-state index in [4.69, 9.17) is 0 Å². The second kappa shape index (κ2) is 6.52. The van der Waals surface area contributed by atoms with Crippen molar-refractivity contribution < 1.29 is 31.8 Å². The third-order valence-electron chi connectivity index (χ3n) is 3.77. The molecule has 1 unspecified atom stereocenters. The highest BCUT2D eigenvalue weighted by Gasteiger charge is 2.39. The van der Waals surface area contributed by atoms with Crippen LogP contribution in [0, 0.1) is 0 Å². The number of aromatic hydroxyl groups is 1. The maximum Gasteiger partial charge on any atom is 0.436 e. The van der Waals surface area contributed by atoms with Gasteiger partial charge in [-0.2, -0.15) is 32.0 Å². The van der Waals surface area contributed by atoms with Gasteiger partial charge in [0.05, 0.1) is 6.04 Å². The zero-order valence-corrected chi connectivity index (χ0v) is 13.5. The standard InChI is InChI=1S/C15H11F5N4O3/c1-6(7-2-4-8(5-3-7)27-13(16)17)24-11-9(10(23-24)15(18,19)20)12(25)22-14(26)21-11/h2-6,13H,1H3,(H2,21,22,25,26). The number of ether oxygens (including phenoxy) is 1. The van der Waals surface area contributed by atoms with E-state index in [0.29, 0.717) is 5.56 Å². The molecule has 27 heavy (non-hydrogen) atoms. The molecule has 0 fully saturated rings. The van der Waals surface area contributed by atoms with Crippen LogP contribution in [0.5, 0.6) is 11.8 Å². The average Bonchev–Trinajstić information content (AvgIpc) is 2.94. The van der Waals surface area contributed by atoms with Crippen LogP contribution in [0.4, 0.5) is 22.0 Å². The summed E-state index contributed by atoms with van der Waals surface area (Å²) in [5.41, 5.74) is -2.72. The fraction of sp³-hybridized carbons (Fsp3) is 0.267. The molecule has 0 aliphatic heterocycles. The molecule has 1 atom stereocenters. The van der Waals surface area contributed by atoms with Crippen LogP contribution in [0.3, 0.4) is 0 Å². The minimum absolute atomic E-state index is 0.130. The van der Waals surface area contributed by atoms with Crippen LogP contribution in [0.25, 0.3) is 11.0 Å². The number of H-pyrrole nitrogens is 1. The minimum atomic E-state index is -4.93. The van der Waals surface area contributed by atoms with Gasteiger partial charge in [0.15, 0.2) is 11.3 Å². The molecule has 12 heteroatoms. The lowest BCUT2D eigenvalue weighted by Gasteiger charge is -2.14. The molecule has 3 aromatic rings. The van der Waals surface area contributed by atoms with Crippen molar-refractivity contribution in [2.24, 2.45) is 0 Å². The average molecular weight is 390 g/mol. The van der Waals surface area contributed by atoms with Gasteiger partial charge in [0.25, 0.3) is 11.6 Å². The minimum Gasteiger partial charge on any atom is -0.480 e. The molecule has 7 nitrogen and oxygen atoms in total. The van der Waals surface area contributed by atoms with Gasteiger partial charge in [-0.25, -0.2) is 4.68 Å². The Morgan fingerprint density at radius 1 is 1.22 bits per heavy atom. The van der Waals surface area contributed by atoms with Crippen LogP contribution >= 0.6 is 0 Å². The maximum atomic E-state index is 13.2. The molecule has 1 aromatic carbocycles. The molecular formula is C15H11F5N4O3. The second-order valence-electron chi connectivity index (χ2n) is 5.50. The van der Waals surface area contributed by atoms with Crippen molar-refractivity contribution in [3.63, 3.8) is 0 Å². The third kappa shape index (κ3) is 3.55. The van der Waals surface area contributed by atoms with Gasteiger partial charge >= 0.3 is 12.8 Å². The lowest BCUT2D eigenvalue weighted by Crippen LogP contribution is -2.13. The van der Waals surface area contributed by atoms with Crippen LogP contribution in [0.1, 0.15) is 24.2 Å². The number of nitrogens with one attached hydrogen (secondary N) is 1. The van der Waals surface area contributed by atoms with E-state index < -0.39 is 47.1 Å². The molecule has 0 bridgehead atoms. The highest BCUT2D eigenvalue weighted by Crippen LogP contribution is 2.34.